The Labute approximate surface area is 133 Å². The van der Waals surface area contributed by atoms with Crippen molar-refractivity contribution in [1.82, 2.24) is 0 Å². The van der Waals surface area contributed by atoms with Crippen molar-refractivity contribution in [2.24, 2.45) is 0 Å². The molecule has 0 spiro atoms. The van der Waals surface area contributed by atoms with E-state index in [1.807, 2.05) is 0 Å². The number of carbonyl (C=O) groups is 2. The third-order valence-corrected chi connectivity index (χ3v) is 1.37. The summed E-state index contributed by atoms with van der Waals surface area (Å²) in [4.78, 5) is 20.6. The molecular weight excluding hydrogens is 337 g/mol. The van der Waals surface area contributed by atoms with Crippen molar-refractivity contribution < 1.29 is 24.9 Å². The summed E-state index contributed by atoms with van der Waals surface area (Å²) in [6.07, 6.45) is 0. The van der Waals surface area contributed by atoms with Crippen LogP contribution in [0, 0.1) is 0 Å². The maximum absolute atomic E-state index is 10.3. The molecule has 0 unspecified atom stereocenters. The first-order valence-electron chi connectivity index (χ1n) is 4.17. The number of benzene rings is 1. The van der Waals surface area contributed by atoms with Crippen LogP contribution in [0.15, 0.2) is 24.3 Å². The Bertz CT molecular complexity index is 318. The van der Waals surface area contributed by atoms with Gasteiger partial charge in [0, 0.05) is 17.7 Å². The molecule has 1 rings (SSSR count). The van der Waals surface area contributed by atoms with Gasteiger partial charge >= 0.3 is 48.9 Å². The fourth-order valence-corrected chi connectivity index (χ4v) is 0.839. The van der Waals surface area contributed by atoms with E-state index in [2.05, 4.69) is 0 Å². The van der Waals surface area contributed by atoms with Gasteiger partial charge in [-0.15, -0.1) is 0 Å². The molecule has 0 aromatic heterocycles. The molecule has 6 heteroatoms. The number of aromatic carboxylic acids is 2. The van der Waals surface area contributed by atoms with Crippen LogP contribution in [0.3, 0.4) is 0 Å². The molecule has 0 saturated heterocycles. The number of hydrogen-bond donors (Lipinski definition) is 1. The fraction of sp³-hybridized carbons (Fsp3) is 0.200. The molecule has 0 amide bonds. The zero-order valence-corrected chi connectivity index (χ0v) is 13.2. The smallest absolute Gasteiger partial charge is 0.545 e. The molecular formula is C10H10BaO5. The van der Waals surface area contributed by atoms with E-state index in [4.69, 9.17) is 5.11 Å². The second kappa shape index (κ2) is 9.88. The van der Waals surface area contributed by atoms with Crippen LogP contribution in [-0.2, 0) is 0 Å². The summed E-state index contributed by atoms with van der Waals surface area (Å²) in [6, 6.07) is 5.14. The van der Waals surface area contributed by atoms with Gasteiger partial charge in [0.1, 0.15) is 0 Å². The van der Waals surface area contributed by atoms with Gasteiger partial charge in [0.15, 0.2) is 0 Å². The zero-order valence-electron chi connectivity index (χ0n) is 8.80. The van der Waals surface area contributed by atoms with Gasteiger partial charge in [0.05, 0.1) is 11.9 Å². The molecule has 1 N–H and O–H groups in total. The monoisotopic (exact) mass is 348 g/mol. The molecule has 1 aromatic rings. The van der Waals surface area contributed by atoms with Crippen LogP contribution in [0.4, 0.5) is 0 Å². The number of hydrogen-bond acceptors (Lipinski definition) is 5. The van der Waals surface area contributed by atoms with E-state index in [1.54, 1.807) is 6.92 Å². The molecule has 0 saturated carbocycles. The van der Waals surface area contributed by atoms with Gasteiger partial charge in [0.2, 0.25) is 0 Å². The Hall–Kier alpha value is -0.309. The van der Waals surface area contributed by atoms with Crippen LogP contribution >= 0.6 is 0 Å². The number of carboxylic acids is 2. The van der Waals surface area contributed by atoms with Gasteiger partial charge in [-0.1, -0.05) is 24.3 Å². The Morgan fingerprint density at radius 2 is 1.38 bits per heavy atom. The number of aliphatic hydroxyl groups excluding tert-OH is 1. The third kappa shape index (κ3) is 6.31. The first kappa shape index (κ1) is 18.1. The summed E-state index contributed by atoms with van der Waals surface area (Å²) < 4.78 is 0. The summed E-state index contributed by atoms with van der Waals surface area (Å²) in [7, 11) is 0. The van der Waals surface area contributed by atoms with Crippen molar-refractivity contribution in [3.05, 3.63) is 35.4 Å². The minimum Gasteiger partial charge on any atom is -0.545 e. The summed E-state index contributed by atoms with van der Waals surface area (Å²) in [5.41, 5.74) is -0.727. The Balaban J connectivity index is 0. The number of carbonyl (C=O) groups excluding carboxylic acids is 2. The standard InChI is InChI=1S/C8H6O4.C2H6O.Ba/c9-7(10)5-3-1-2-4-6(5)8(11)12;1-2-3;/h1-4H,(H,9,10)(H,11,12);3H,2H2,1H3;/q;;+2/p-2. The quantitative estimate of drug-likeness (QED) is 0.626. The average Bonchev–Trinajstić information content (AvgIpc) is 2.19. The minimum atomic E-state index is -1.52. The summed E-state index contributed by atoms with van der Waals surface area (Å²) in [5.74, 6) is -3.04. The topological polar surface area (TPSA) is 100 Å². The van der Waals surface area contributed by atoms with Gasteiger partial charge in [-0.2, -0.15) is 0 Å². The minimum absolute atomic E-state index is 0. The molecule has 0 aliphatic heterocycles. The number of carboxylic acid groups (broad SMARTS) is 2. The van der Waals surface area contributed by atoms with Crippen molar-refractivity contribution in [3.8, 4) is 0 Å². The molecule has 0 aliphatic rings. The summed E-state index contributed by atoms with van der Waals surface area (Å²) in [5, 5.41) is 28.2. The van der Waals surface area contributed by atoms with E-state index >= 15 is 0 Å². The average molecular weight is 348 g/mol. The van der Waals surface area contributed by atoms with Gasteiger partial charge in [-0.3, -0.25) is 0 Å². The molecule has 16 heavy (non-hydrogen) atoms. The van der Waals surface area contributed by atoms with Crippen molar-refractivity contribution >= 4 is 60.8 Å². The van der Waals surface area contributed by atoms with Gasteiger partial charge in [-0.05, 0) is 6.92 Å². The van der Waals surface area contributed by atoms with Crippen molar-refractivity contribution in [2.45, 2.75) is 6.92 Å². The van der Waals surface area contributed by atoms with E-state index in [0.717, 1.165) is 12.1 Å². The van der Waals surface area contributed by atoms with Gasteiger partial charge < -0.3 is 24.9 Å². The molecule has 0 bridgehead atoms. The van der Waals surface area contributed by atoms with Crippen LogP contribution in [0.2, 0.25) is 0 Å². The second-order valence-electron chi connectivity index (χ2n) is 2.44. The maximum atomic E-state index is 10.3. The van der Waals surface area contributed by atoms with Crippen molar-refractivity contribution in [2.75, 3.05) is 6.61 Å². The third-order valence-electron chi connectivity index (χ3n) is 1.37. The van der Waals surface area contributed by atoms with E-state index in [9.17, 15) is 19.8 Å². The first-order chi connectivity index (χ1) is 7.04. The molecule has 5 nitrogen and oxygen atoms in total. The summed E-state index contributed by atoms with van der Waals surface area (Å²) in [6.45, 7) is 1.93. The van der Waals surface area contributed by atoms with Crippen LogP contribution in [0.1, 0.15) is 27.6 Å². The molecule has 0 heterocycles. The van der Waals surface area contributed by atoms with Crippen LogP contribution in [-0.4, -0.2) is 72.5 Å². The molecule has 0 aliphatic carbocycles. The molecule has 0 radical (unpaired) electrons. The van der Waals surface area contributed by atoms with Crippen LogP contribution in [0.25, 0.3) is 0 Å². The SMILES string of the molecule is CCO.O=C([O-])c1ccccc1C(=O)[O-].[Ba+2]. The van der Waals surface area contributed by atoms with E-state index in [0.29, 0.717) is 0 Å². The fourth-order valence-electron chi connectivity index (χ4n) is 0.839. The van der Waals surface area contributed by atoms with Crippen molar-refractivity contribution in [3.63, 3.8) is 0 Å². The Morgan fingerprint density at radius 1 is 1.12 bits per heavy atom. The second-order valence-corrected chi connectivity index (χ2v) is 2.44. The Kier molecular flexibility index (Phi) is 11.2. The Morgan fingerprint density at radius 3 is 1.56 bits per heavy atom. The molecule has 1 aromatic carbocycles. The summed E-state index contributed by atoms with van der Waals surface area (Å²) >= 11 is 0. The number of rotatable bonds is 2. The first-order valence-corrected chi connectivity index (χ1v) is 4.17. The van der Waals surface area contributed by atoms with E-state index in [-0.39, 0.29) is 66.6 Å². The van der Waals surface area contributed by atoms with Crippen LogP contribution < -0.4 is 10.2 Å². The van der Waals surface area contributed by atoms with Crippen molar-refractivity contribution in [1.29, 1.82) is 0 Å². The molecule has 82 valence electrons. The molecule has 0 fully saturated rings. The van der Waals surface area contributed by atoms with Gasteiger partial charge in [-0.25, -0.2) is 0 Å². The maximum Gasteiger partial charge on any atom is 2.00 e. The normalized spacial score (nSPS) is 8.12. The van der Waals surface area contributed by atoms with E-state index in [1.165, 1.54) is 12.1 Å². The van der Waals surface area contributed by atoms with Gasteiger partial charge in [0.25, 0.3) is 0 Å². The largest absolute Gasteiger partial charge is 2.00 e. The molecule has 0 atom stereocenters. The zero-order chi connectivity index (χ0) is 11.8. The number of aliphatic hydroxyl groups is 1. The predicted molar refractivity (Wildman–Crippen MR) is 53.6 cm³/mol. The van der Waals surface area contributed by atoms with Crippen LogP contribution in [0.5, 0.6) is 0 Å². The van der Waals surface area contributed by atoms with E-state index < -0.39 is 11.9 Å². The predicted octanol–water partition coefficient (Wildman–Crippen LogP) is -1.97.